The van der Waals surface area contributed by atoms with Crippen molar-refractivity contribution in [1.29, 1.82) is 0 Å². The first-order valence-corrected chi connectivity index (χ1v) is 8.51. The number of hydrogen-bond donors (Lipinski definition) is 1. The first-order chi connectivity index (χ1) is 11.2. The van der Waals surface area contributed by atoms with Crippen LogP contribution in [0.3, 0.4) is 0 Å². The molecule has 3 heterocycles. The Kier molecular flexibility index (Phi) is 4.97. The van der Waals surface area contributed by atoms with Crippen molar-refractivity contribution in [2.24, 2.45) is 5.92 Å². The Morgan fingerprint density at radius 3 is 2.91 bits per heavy atom. The predicted octanol–water partition coefficient (Wildman–Crippen LogP) is 2.64. The van der Waals surface area contributed by atoms with Gasteiger partial charge in [-0.15, -0.1) is 11.3 Å². The van der Waals surface area contributed by atoms with E-state index in [9.17, 15) is 4.79 Å². The summed E-state index contributed by atoms with van der Waals surface area (Å²) < 4.78 is 0. The summed E-state index contributed by atoms with van der Waals surface area (Å²) in [7, 11) is 0. The Morgan fingerprint density at radius 1 is 1.39 bits per heavy atom. The van der Waals surface area contributed by atoms with E-state index in [1.54, 1.807) is 12.5 Å². The maximum atomic E-state index is 11.6. The largest absolute Gasteiger partial charge is 0.339 e. The molecule has 7 heteroatoms. The minimum absolute atomic E-state index is 0.0282. The lowest BCUT2D eigenvalue weighted by Gasteiger charge is -2.31. The summed E-state index contributed by atoms with van der Waals surface area (Å²) in [6.07, 6.45) is 7.64. The molecule has 6 nitrogen and oxygen atoms in total. The molecule has 120 valence electrons. The molecule has 2 aromatic rings. The highest BCUT2D eigenvalue weighted by atomic mass is 32.1. The van der Waals surface area contributed by atoms with E-state index in [0.717, 1.165) is 49.0 Å². The van der Waals surface area contributed by atoms with Crippen LogP contribution < -0.4 is 5.32 Å². The summed E-state index contributed by atoms with van der Waals surface area (Å²) >= 11 is 1.54. The zero-order valence-electron chi connectivity index (χ0n) is 12.8. The quantitative estimate of drug-likeness (QED) is 0.854. The molecule has 0 radical (unpaired) electrons. The molecule has 0 saturated carbocycles. The molecule has 0 unspecified atom stereocenters. The molecular weight excluding hydrogens is 310 g/mol. The van der Waals surface area contributed by atoms with Gasteiger partial charge in [-0.25, -0.2) is 15.0 Å². The van der Waals surface area contributed by atoms with Crippen molar-refractivity contribution in [3.05, 3.63) is 42.3 Å². The molecule has 1 fully saturated rings. The summed E-state index contributed by atoms with van der Waals surface area (Å²) in [5.41, 5.74) is 1.02. The number of anilines is 2. The Bertz CT molecular complexity index is 665. The van der Waals surface area contributed by atoms with Gasteiger partial charge in [0.25, 0.3) is 0 Å². The molecule has 1 aliphatic heterocycles. The minimum atomic E-state index is 0.0282. The van der Waals surface area contributed by atoms with E-state index >= 15 is 0 Å². The zero-order chi connectivity index (χ0) is 16.1. The third-order valence-electron chi connectivity index (χ3n) is 3.99. The molecule has 0 spiro atoms. The van der Waals surface area contributed by atoms with Crippen molar-refractivity contribution in [2.75, 3.05) is 18.4 Å². The number of amides is 1. The summed E-state index contributed by atoms with van der Waals surface area (Å²) in [6, 6.07) is 1.97. The van der Waals surface area contributed by atoms with E-state index in [2.05, 4.69) is 26.8 Å². The van der Waals surface area contributed by atoms with Gasteiger partial charge >= 0.3 is 0 Å². The molecular formula is C16H19N5OS. The van der Waals surface area contributed by atoms with Crippen LogP contribution in [-0.4, -0.2) is 38.8 Å². The molecule has 1 amide bonds. The topological polar surface area (TPSA) is 71.0 Å². The molecule has 0 bridgehead atoms. The van der Waals surface area contributed by atoms with Crippen LogP contribution in [0.1, 0.15) is 18.5 Å². The molecule has 1 saturated heterocycles. The minimum Gasteiger partial charge on any atom is -0.339 e. The SMILES string of the molecule is C=CC(=O)N1CCC(Cc2cc(Nc3nccs3)ncn2)CC1. The van der Waals surface area contributed by atoms with Gasteiger partial charge in [0.2, 0.25) is 5.91 Å². The smallest absolute Gasteiger partial charge is 0.245 e. The fourth-order valence-electron chi connectivity index (χ4n) is 2.75. The highest BCUT2D eigenvalue weighted by Crippen LogP contribution is 2.23. The van der Waals surface area contributed by atoms with E-state index in [-0.39, 0.29) is 5.91 Å². The molecule has 1 aliphatic rings. The van der Waals surface area contributed by atoms with Gasteiger partial charge in [-0.1, -0.05) is 6.58 Å². The molecule has 0 aliphatic carbocycles. The summed E-state index contributed by atoms with van der Waals surface area (Å²) in [5, 5.41) is 5.93. The van der Waals surface area contributed by atoms with E-state index in [0.29, 0.717) is 5.92 Å². The van der Waals surface area contributed by atoms with Gasteiger partial charge in [-0.3, -0.25) is 4.79 Å². The number of thiazole rings is 1. The van der Waals surface area contributed by atoms with Gasteiger partial charge in [0.05, 0.1) is 0 Å². The normalized spacial score (nSPS) is 15.4. The molecule has 2 aromatic heterocycles. The van der Waals surface area contributed by atoms with Crippen LogP contribution >= 0.6 is 11.3 Å². The average Bonchev–Trinajstić information content (AvgIpc) is 3.08. The van der Waals surface area contributed by atoms with Gasteiger partial charge in [0.1, 0.15) is 12.1 Å². The standard InChI is InChI=1S/C16H19N5OS/c1-2-15(22)21-6-3-12(4-7-21)9-13-10-14(19-11-18-13)20-16-17-5-8-23-16/h2,5,8,10-12H,1,3-4,6-7,9H2,(H,17,18,19,20). The lowest BCUT2D eigenvalue weighted by molar-refractivity contribution is -0.127. The highest BCUT2D eigenvalue weighted by molar-refractivity contribution is 7.13. The number of carbonyl (C=O) groups excluding carboxylic acids is 1. The van der Waals surface area contributed by atoms with E-state index in [1.807, 2.05) is 16.3 Å². The second kappa shape index (κ2) is 7.32. The Hall–Kier alpha value is -2.28. The fourth-order valence-corrected chi connectivity index (χ4v) is 3.29. The third kappa shape index (κ3) is 4.13. The molecule has 1 N–H and O–H groups in total. The Morgan fingerprint density at radius 2 is 2.22 bits per heavy atom. The van der Waals surface area contributed by atoms with Crippen LogP contribution in [0.25, 0.3) is 0 Å². The average molecular weight is 329 g/mol. The number of hydrogen-bond acceptors (Lipinski definition) is 6. The number of rotatable bonds is 5. The maximum Gasteiger partial charge on any atom is 0.245 e. The van der Waals surface area contributed by atoms with Crippen LogP contribution in [-0.2, 0) is 11.2 Å². The van der Waals surface area contributed by atoms with Gasteiger partial charge in [-0.05, 0) is 31.3 Å². The predicted molar refractivity (Wildman–Crippen MR) is 90.6 cm³/mol. The molecule has 0 atom stereocenters. The lowest BCUT2D eigenvalue weighted by atomic mass is 9.92. The van der Waals surface area contributed by atoms with Gasteiger partial charge in [-0.2, -0.15) is 0 Å². The number of aromatic nitrogens is 3. The number of nitrogens with zero attached hydrogens (tertiary/aromatic N) is 4. The molecule has 3 rings (SSSR count). The van der Waals surface area contributed by atoms with Gasteiger partial charge in [0, 0.05) is 36.4 Å². The number of nitrogens with one attached hydrogen (secondary N) is 1. The van der Waals surface area contributed by atoms with Gasteiger partial charge in [0.15, 0.2) is 5.13 Å². The van der Waals surface area contributed by atoms with Gasteiger partial charge < -0.3 is 10.2 Å². The number of carbonyl (C=O) groups is 1. The van der Waals surface area contributed by atoms with Crippen molar-refractivity contribution in [3.63, 3.8) is 0 Å². The number of likely N-dealkylation sites (tertiary alicyclic amines) is 1. The van der Waals surface area contributed by atoms with Crippen molar-refractivity contribution >= 4 is 28.2 Å². The fraction of sp³-hybridized carbons (Fsp3) is 0.375. The maximum absolute atomic E-state index is 11.6. The van der Waals surface area contributed by atoms with Crippen LogP contribution in [0.4, 0.5) is 10.9 Å². The van der Waals surface area contributed by atoms with E-state index in [4.69, 9.17) is 0 Å². The summed E-state index contributed by atoms with van der Waals surface area (Å²) in [5.74, 6) is 1.34. The van der Waals surface area contributed by atoms with Crippen LogP contribution in [0, 0.1) is 5.92 Å². The van der Waals surface area contributed by atoms with Crippen LogP contribution in [0.5, 0.6) is 0 Å². The Labute approximate surface area is 139 Å². The molecule has 23 heavy (non-hydrogen) atoms. The summed E-state index contributed by atoms with van der Waals surface area (Å²) in [6.45, 7) is 5.14. The lowest BCUT2D eigenvalue weighted by Crippen LogP contribution is -2.37. The van der Waals surface area contributed by atoms with Crippen molar-refractivity contribution in [2.45, 2.75) is 19.3 Å². The van der Waals surface area contributed by atoms with Crippen LogP contribution in [0.15, 0.2) is 36.6 Å². The van der Waals surface area contributed by atoms with Crippen molar-refractivity contribution in [1.82, 2.24) is 19.9 Å². The first-order valence-electron chi connectivity index (χ1n) is 7.63. The Balaban J connectivity index is 1.56. The van der Waals surface area contributed by atoms with Crippen molar-refractivity contribution < 1.29 is 4.79 Å². The van der Waals surface area contributed by atoms with E-state index in [1.165, 1.54) is 17.4 Å². The summed E-state index contributed by atoms with van der Waals surface area (Å²) in [4.78, 5) is 26.3. The monoisotopic (exact) mass is 329 g/mol. The second-order valence-electron chi connectivity index (χ2n) is 5.53. The second-order valence-corrected chi connectivity index (χ2v) is 6.43. The van der Waals surface area contributed by atoms with Crippen molar-refractivity contribution in [3.8, 4) is 0 Å². The highest BCUT2D eigenvalue weighted by Gasteiger charge is 2.22. The van der Waals surface area contributed by atoms with E-state index < -0.39 is 0 Å². The van der Waals surface area contributed by atoms with Crippen LogP contribution in [0.2, 0.25) is 0 Å². The number of piperidine rings is 1. The first kappa shape index (κ1) is 15.6. The zero-order valence-corrected chi connectivity index (χ0v) is 13.6. The third-order valence-corrected chi connectivity index (χ3v) is 4.68. The molecule has 0 aromatic carbocycles.